The maximum atomic E-state index is 11.8. The molecule has 0 saturated carbocycles. The van der Waals surface area contributed by atoms with Crippen molar-refractivity contribution in [3.05, 3.63) is 29.8 Å². The molecule has 0 aliphatic heterocycles. The molecule has 1 aromatic carbocycles. The molecule has 4 nitrogen and oxygen atoms in total. The van der Waals surface area contributed by atoms with Crippen LogP contribution in [-0.2, 0) is 11.3 Å². The first-order chi connectivity index (χ1) is 8.63. The van der Waals surface area contributed by atoms with E-state index in [9.17, 15) is 9.90 Å². The Morgan fingerprint density at radius 3 is 2.50 bits per heavy atom. The standard InChI is InChI=1S/C14H22N2O2/c1-16(14(18)5-3-2-4-10-15)11-12-6-8-13(17)9-7-12/h6-9,17H,2-5,10-11,15H2,1H3. The average Bonchev–Trinajstić information content (AvgIpc) is 2.37. The Balaban J connectivity index is 2.33. The molecule has 3 N–H and O–H groups in total. The largest absolute Gasteiger partial charge is 0.508 e. The van der Waals surface area contributed by atoms with Crippen molar-refractivity contribution in [2.45, 2.75) is 32.2 Å². The summed E-state index contributed by atoms with van der Waals surface area (Å²) in [7, 11) is 1.80. The third-order valence-corrected chi connectivity index (χ3v) is 2.88. The maximum absolute atomic E-state index is 11.8. The molecule has 0 heterocycles. The van der Waals surface area contributed by atoms with Gasteiger partial charge in [-0.3, -0.25) is 4.79 Å². The first-order valence-corrected chi connectivity index (χ1v) is 6.35. The molecule has 0 radical (unpaired) electrons. The third-order valence-electron chi connectivity index (χ3n) is 2.88. The molecule has 100 valence electrons. The summed E-state index contributed by atoms with van der Waals surface area (Å²) in [6.45, 7) is 1.27. The van der Waals surface area contributed by atoms with Crippen molar-refractivity contribution >= 4 is 5.91 Å². The van der Waals surface area contributed by atoms with Crippen LogP contribution in [0.4, 0.5) is 0 Å². The van der Waals surface area contributed by atoms with E-state index in [-0.39, 0.29) is 11.7 Å². The Morgan fingerprint density at radius 1 is 1.22 bits per heavy atom. The molecular formula is C14H22N2O2. The number of rotatable bonds is 7. The molecule has 0 aromatic heterocycles. The Morgan fingerprint density at radius 2 is 1.89 bits per heavy atom. The number of unbranched alkanes of at least 4 members (excludes halogenated alkanes) is 2. The van der Waals surface area contributed by atoms with Gasteiger partial charge in [-0.25, -0.2) is 0 Å². The number of benzene rings is 1. The first-order valence-electron chi connectivity index (χ1n) is 6.35. The highest BCUT2D eigenvalue weighted by molar-refractivity contribution is 5.75. The number of hydrogen-bond donors (Lipinski definition) is 2. The van der Waals surface area contributed by atoms with E-state index in [0.717, 1.165) is 24.8 Å². The van der Waals surface area contributed by atoms with Gasteiger partial charge in [-0.1, -0.05) is 18.6 Å². The van der Waals surface area contributed by atoms with Gasteiger partial charge >= 0.3 is 0 Å². The first kappa shape index (κ1) is 14.5. The van der Waals surface area contributed by atoms with E-state index < -0.39 is 0 Å². The molecule has 0 unspecified atom stereocenters. The second-order valence-corrected chi connectivity index (χ2v) is 4.52. The number of phenols is 1. The average molecular weight is 250 g/mol. The van der Waals surface area contributed by atoms with Gasteiger partial charge in [0.15, 0.2) is 0 Å². The van der Waals surface area contributed by atoms with Crippen molar-refractivity contribution in [3.8, 4) is 5.75 Å². The molecule has 0 aliphatic carbocycles. The zero-order valence-electron chi connectivity index (χ0n) is 10.9. The lowest BCUT2D eigenvalue weighted by molar-refractivity contribution is -0.130. The van der Waals surface area contributed by atoms with Crippen LogP contribution in [0.3, 0.4) is 0 Å². The molecule has 0 spiro atoms. The molecule has 1 rings (SSSR count). The highest BCUT2D eigenvalue weighted by atomic mass is 16.3. The molecule has 18 heavy (non-hydrogen) atoms. The number of amides is 1. The molecule has 4 heteroatoms. The number of carbonyl (C=O) groups is 1. The topological polar surface area (TPSA) is 66.6 Å². The minimum absolute atomic E-state index is 0.153. The molecular weight excluding hydrogens is 228 g/mol. The van der Waals surface area contributed by atoms with E-state index in [1.54, 1.807) is 24.1 Å². The molecule has 0 aliphatic rings. The predicted octanol–water partition coefficient (Wildman–Crippen LogP) is 1.87. The van der Waals surface area contributed by atoms with Crippen molar-refractivity contribution in [1.82, 2.24) is 4.90 Å². The van der Waals surface area contributed by atoms with Crippen LogP contribution in [0.25, 0.3) is 0 Å². The van der Waals surface area contributed by atoms with Gasteiger partial charge in [-0.2, -0.15) is 0 Å². The summed E-state index contributed by atoms with van der Waals surface area (Å²) < 4.78 is 0. The van der Waals surface area contributed by atoms with Gasteiger partial charge in [0.05, 0.1) is 0 Å². The van der Waals surface area contributed by atoms with Gasteiger partial charge < -0.3 is 15.7 Å². The van der Waals surface area contributed by atoms with E-state index in [4.69, 9.17) is 5.73 Å². The summed E-state index contributed by atoms with van der Waals surface area (Å²) in [5.41, 5.74) is 6.42. The SMILES string of the molecule is CN(Cc1ccc(O)cc1)C(=O)CCCCCN. The van der Waals surface area contributed by atoms with Crippen molar-refractivity contribution in [2.75, 3.05) is 13.6 Å². The fourth-order valence-electron chi connectivity index (χ4n) is 1.75. The van der Waals surface area contributed by atoms with Gasteiger partial charge in [-0.05, 0) is 37.1 Å². The smallest absolute Gasteiger partial charge is 0.222 e. The van der Waals surface area contributed by atoms with Crippen molar-refractivity contribution < 1.29 is 9.90 Å². The Hall–Kier alpha value is -1.55. The summed E-state index contributed by atoms with van der Waals surface area (Å²) in [6.07, 6.45) is 3.47. The van der Waals surface area contributed by atoms with Crippen LogP contribution in [0.1, 0.15) is 31.2 Å². The van der Waals surface area contributed by atoms with E-state index in [2.05, 4.69) is 0 Å². The summed E-state index contributed by atoms with van der Waals surface area (Å²) in [6, 6.07) is 6.92. The Labute approximate surface area is 108 Å². The number of aromatic hydroxyl groups is 1. The van der Waals surface area contributed by atoms with E-state index in [1.165, 1.54) is 0 Å². The second-order valence-electron chi connectivity index (χ2n) is 4.52. The molecule has 0 saturated heterocycles. The predicted molar refractivity (Wildman–Crippen MR) is 72.1 cm³/mol. The number of phenolic OH excluding ortho intramolecular Hbond substituents is 1. The summed E-state index contributed by atoms with van der Waals surface area (Å²) in [5, 5.41) is 9.18. The van der Waals surface area contributed by atoms with Crippen LogP contribution >= 0.6 is 0 Å². The van der Waals surface area contributed by atoms with E-state index in [1.807, 2.05) is 12.1 Å². The highest BCUT2D eigenvalue weighted by Gasteiger charge is 2.08. The van der Waals surface area contributed by atoms with Gasteiger partial charge in [-0.15, -0.1) is 0 Å². The van der Waals surface area contributed by atoms with Crippen molar-refractivity contribution in [2.24, 2.45) is 5.73 Å². The summed E-state index contributed by atoms with van der Waals surface area (Å²) in [4.78, 5) is 13.5. The molecule has 0 fully saturated rings. The molecule has 0 atom stereocenters. The fourth-order valence-corrected chi connectivity index (χ4v) is 1.75. The summed E-state index contributed by atoms with van der Waals surface area (Å²) in [5.74, 6) is 0.398. The Bertz CT molecular complexity index is 363. The number of nitrogens with two attached hydrogens (primary N) is 1. The zero-order chi connectivity index (χ0) is 13.4. The summed E-state index contributed by atoms with van der Waals surface area (Å²) >= 11 is 0. The minimum Gasteiger partial charge on any atom is -0.508 e. The van der Waals surface area contributed by atoms with Crippen LogP contribution in [0.15, 0.2) is 24.3 Å². The van der Waals surface area contributed by atoms with Crippen LogP contribution < -0.4 is 5.73 Å². The van der Waals surface area contributed by atoms with Crippen LogP contribution in [0, 0.1) is 0 Å². The Kier molecular flexibility index (Phi) is 6.22. The monoisotopic (exact) mass is 250 g/mol. The fraction of sp³-hybridized carbons (Fsp3) is 0.500. The van der Waals surface area contributed by atoms with Crippen LogP contribution in [0.5, 0.6) is 5.75 Å². The highest BCUT2D eigenvalue weighted by Crippen LogP contribution is 2.12. The van der Waals surface area contributed by atoms with E-state index in [0.29, 0.717) is 19.5 Å². The van der Waals surface area contributed by atoms with Crippen LogP contribution in [-0.4, -0.2) is 29.5 Å². The maximum Gasteiger partial charge on any atom is 0.222 e. The van der Waals surface area contributed by atoms with Gasteiger partial charge in [0, 0.05) is 20.0 Å². The van der Waals surface area contributed by atoms with Gasteiger partial charge in [0.2, 0.25) is 5.91 Å². The van der Waals surface area contributed by atoms with Crippen molar-refractivity contribution in [1.29, 1.82) is 0 Å². The number of nitrogens with zero attached hydrogens (tertiary/aromatic N) is 1. The van der Waals surface area contributed by atoms with Crippen molar-refractivity contribution in [3.63, 3.8) is 0 Å². The molecule has 0 bridgehead atoms. The molecule has 1 amide bonds. The lowest BCUT2D eigenvalue weighted by Crippen LogP contribution is -2.25. The quantitative estimate of drug-likeness (QED) is 0.726. The lowest BCUT2D eigenvalue weighted by atomic mass is 10.1. The zero-order valence-corrected chi connectivity index (χ0v) is 10.9. The van der Waals surface area contributed by atoms with Gasteiger partial charge in [0.25, 0.3) is 0 Å². The molecule has 1 aromatic rings. The third kappa shape index (κ3) is 5.19. The minimum atomic E-state index is 0.153. The van der Waals surface area contributed by atoms with E-state index >= 15 is 0 Å². The second kappa shape index (κ2) is 7.71. The van der Waals surface area contributed by atoms with Gasteiger partial charge in [0.1, 0.15) is 5.75 Å². The number of carbonyl (C=O) groups excluding carboxylic acids is 1. The lowest BCUT2D eigenvalue weighted by Gasteiger charge is -2.17. The number of hydrogen-bond acceptors (Lipinski definition) is 3. The van der Waals surface area contributed by atoms with Crippen LogP contribution in [0.2, 0.25) is 0 Å². The normalized spacial score (nSPS) is 10.3.